The fourth-order valence-electron chi connectivity index (χ4n) is 1.79. The third-order valence-electron chi connectivity index (χ3n) is 2.56. The Hall–Kier alpha value is -1.82. The summed E-state index contributed by atoms with van der Waals surface area (Å²) in [4.78, 5) is 0. The smallest absolute Gasteiger partial charge is 0.344 e. The molecule has 0 fully saturated rings. The zero-order valence-corrected chi connectivity index (χ0v) is 10.9. The molecule has 0 unspecified atom stereocenters. The molecule has 0 saturated carbocycles. The van der Waals surface area contributed by atoms with Crippen molar-refractivity contribution in [2.24, 2.45) is 10.1 Å². The van der Waals surface area contributed by atoms with Crippen LogP contribution < -0.4 is 10.5 Å². The summed E-state index contributed by atoms with van der Waals surface area (Å²) in [6.45, 7) is 2.09. The Labute approximate surface area is 107 Å². The molecular formula is C12H15N3O2S. The number of anilines is 1. The van der Waals surface area contributed by atoms with Gasteiger partial charge in [0.2, 0.25) is 0 Å². The lowest BCUT2D eigenvalue weighted by atomic mass is 10.0. The fraction of sp³-hybridized carbons (Fsp3) is 0.250. The SMILES string of the molecule is CCC/C=C/c1cccc2c1C(N)=NS(=O)(=O)N2. The molecular weight excluding hydrogens is 250 g/mol. The molecule has 1 aliphatic heterocycles. The predicted octanol–water partition coefficient (Wildman–Crippen LogP) is 1.88. The third kappa shape index (κ3) is 2.53. The van der Waals surface area contributed by atoms with Crippen molar-refractivity contribution < 1.29 is 8.42 Å². The van der Waals surface area contributed by atoms with Crippen molar-refractivity contribution in [3.63, 3.8) is 0 Å². The number of hydrogen-bond donors (Lipinski definition) is 2. The van der Waals surface area contributed by atoms with Crippen LogP contribution in [0.2, 0.25) is 0 Å². The van der Waals surface area contributed by atoms with Gasteiger partial charge in [0.05, 0.1) is 5.69 Å². The number of amidine groups is 1. The van der Waals surface area contributed by atoms with Gasteiger partial charge in [-0.05, 0) is 18.1 Å². The van der Waals surface area contributed by atoms with E-state index in [2.05, 4.69) is 16.0 Å². The van der Waals surface area contributed by atoms with Crippen molar-refractivity contribution in [1.29, 1.82) is 0 Å². The summed E-state index contributed by atoms with van der Waals surface area (Å²) in [5.41, 5.74) is 7.70. The van der Waals surface area contributed by atoms with Crippen LogP contribution in [0.1, 0.15) is 30.9 Å². The number of allylic oxidation sites excluding steroid dienone is 1. The quantitative estimate of drug-likeness (QED) is 0.875. The van der Waals surface area contributed by atoms with Gasteiger partial charge in [0, 0.05) is 5.56 Å². The van der Waals surface area contributed by atoms with E-state index in [1.54, 1.807) is 12.1 Å². The standard InChI is InChI=1S/C12H15N3O2S/c1-2-3-4-6-9-7-5-8-10-11(9)12(13)15-18(16,17)14-10/h4-8,14H,2-3H2,1H3,(H2,13,15)/b6-4+. The van der Waals surface area contributed by atoms with E-state index in [0.717, 1.165) is 18.4 Å². The molecule has 0 atom stereocenters. The summed E-state index contributed by atoms with van der Waals surface area (Å²) in [6.07, 6.45) is 5.99. The molecule has 5 nitrogen and oxygen atoms in total. The summed E-state index contributed by atoms with van der Waals surface area (Å²) >= 11 is 0. The van der Waals surface area contributed by atoms with Crippen LogP contribution in [0.4, 0.5) is 5.69 Å². The molecule has 96 valence electrons. The lowest BCUT2D eigenvalue weighted by Crippen LogP contribution is -2.27. The Bertz CT molecular complexity index is 618. The molecule has 2 rings (SSSR count). The topological polar surface area (TPSA) is 84.5 Å². The van der Waals surface area contributed by atoms with Crippen LogP contribution in [0.5, 0.6) is 0 Å². The van der Waals surface area contributed by atoms with E-state index in [1.165, 1.54) is 0 Å². The highest BCUT2D eigenvalue weighted by Gasteiger charge is 2.22. The molecule has 0 radical (unpaired) electrons. The van der Waals surface area contributed by atoms with Gasteiger partial charge in [-0.1, -0.05) is 37.6 Å². The second-order valence-corrected chi connectivity index (χ2v) is 5.35. The third-order valence-corrected chi connectivity index (χ3v) is 3.48. The Morgan fingerprint density at radius 3 is 2.94 bits per heavy atom. The molecule has 1 aromatic rings. The van der Waals surface area contributed by atoms with Crippen LogP contribution in [0.3, 0.4) is 0 Å². The lowest BCUT2D eigenvalue weighted by molar-refractivity contribution is 0.602. The first-order chi connectivity index (χ1) is 8.53. The van der Waals surface area contributed by atoms with Crippen LogP contribution in [-0.4, -0.2) is 14.3 Å². The van der Waals surface area contributed by atoms with Gasteiger partial charge in [-0.25, -0.2) is 0 Å². The first-order valence-corrected chi connectivity index (χ1v) is 7.15. The zero-order chi connectivity index (χ0) is 13.2. The number of hydrogen-bond acceptors (Lipinski definition) is 3. The highest BCUT2D eigenvalue weighted by molar-refractivity contribution is 7.91. The zero-order valence-electron chi connectivity index (χ0n) is 10.1. The molecule has 3 N–H and O–H groups in total. The minimum Gasteiger partial charge on any atom is -0.382 e. The summed E-state index contributed by atoms with van der Waals surface area (Å²) in [5.74, 6) is 0.0282. The molecule has 1 heterocycles. The second kappa shape index (κ2) is 4.81. The molecule has 0 spiro atoms. The summed E-state index contributed by atoms with van der Waals surface area (Å²) < 4.78 is 28.6. The molecule has 0 aromatic heterocycles. The van der Waals surface area contributed by atoms with E-state index < -0.39 is 10.2 Å². The molecule has 18 heavy (non-hydrogen) atoms. The highest BCUT2D eigenvalue weighted by Crippen LogP contribution is 2.26. The van der Waals surface area contributed by atoms with Crippen molar-refractivity contribution in [2.75, 3.05) is 4.72 Å². The van der Waals surface area contributed by atoms with Crippen LogP contribution in [-0.2, 0) is 10.2 Å². The number of nitrogens with zero attached hydrogens (tertiary/aromatic N) is 1. The normalized spacial score (nSPS) is 17.1. The van der Waals surface area contributed by atoms with Crippen molar-refractivity contribution >= 4 is 27.8 Å². The maximum Gasteiger partial charge on any atom is 0.344 e. The molecule has 0 bridgehead atoms. The van der Waals surface area contributed by atoms with E-state index in [4.69, 9.17) is 5.73 Å². The number of fused-ring (bicyclic) bond motifs is 1. The monoisotopic (exact) mass is 265 g/mol. The van der Waals surface area contributed by atoms with Gasteiger partial charge >= 0.3 is 10.2 Å². The largest absolute Gasteiger partial charge is 0.382 e. The van der Waals surface area contributed by atoms with Crippen molar-refractivity contribution in [3.05, 3.63) is 35.4 Å². The lowest BCUT2D eigenvalue weighted by Gasteiger charge is -2.17. The van der Waals surface area contributed by atoms with Gasteiger partial charge in [0.25, 0.3) is 0 Å². The highest BCUT2D eigenvalue weighted by atomic mass is 32.2. The van der Waals surface area contributed by atoms with Crippen LogP contribution in [0.15, 0.2) is 28.7 Å². The first-order valence-electron chi connectivity index (χ1n) is 5.71. The predicted molar refractivity (Wildman–Crippen MR) is 73.7 cm³/mol. The van der Waals surface area contributed by atoms with Gasteiger partial charge in [-0.15, -0.1) is 4.40 Å². The van der Waals surface area contributed by atoms with E-state index in [-0.39, 0.29) is 5.84 Å². The van der Waals surface area contributed by atoms with Crippen LogP contribution in [0.25, 0.3) is 6.08 Å². The van der Waals surface area contributed by atoms with E-state index in [0.29, 0.717) is 11.3 Å². The molecule has 0 aliphatic carbocycles. The molecule has 0 amide bonds. The summed E-state index contributed by atoms with van der Waals surface area (Å²) in [5, 5.41) is 0. The number of benzene rings is 1. The van der Waals surface area contributed by atoms with Crippen molar-refractivity contribution in [3.8, 4) is 0 Å². The average molecular weight is 265 g/mol. The van der Waals surface area contributed by atoms with Crippen LogP contribution >= 0.6 is 0 Å². The van der Waals surface area contributed by atoms with Crippen molar-refractivity contribution in [1.82, 2.24) is 0 Å². The average Bonchev–Trinajstić information content (AvgIpc) is 2.27. The maximum atomic E-state index is 11.4. The Balaban J connectivity index is 2.49. The molecule has 1 aliphatic rings. The van der Waals surface area contributed by atoms with Gasteiger partial charge < -0.3 is 5.73 Å². The first kappa shape index (κ1) is 12.6. The molecule has 6 heteroatoms. The van der Waals surface area contributed by atoms with Gasteiger partial charge in [-0.2, -0.15) is 8.42 Å². The van der Waals surface area contributed by atoms with Crippen LogP contribution in [0, 0.1) is 0 Å². The number of unbranched alkanes of at least 4 members (excludes halogenated alkanes) is 1. The molecule has 0 saturated heterocycles. The van der Waals surface area contributed by atoms with Gasteiger partial charge in [-0.3, -0.25) is 4.72 Å². The maximum absolute atomic E-state index is 11.4. The van der Waals surface area contributed by atoms with E-state index in [1.807, 2.05) is 18.2 Å². The number of nitrogens with two attached hydrogens (primary N) is 1. The van der Waals surface area contributed by atoms with E-state index in [9.17, 15) is 8.42 Å². The van der Waals surface area contributed by atoms with E-state index >= 15 is 0 Å². The van der Waals surface area contributed by atoms with Crippen molar-refractivity contribution in [2.45, 2.75) is 19.8 Å². The Morgan fingerprint density at radius 1 is 1.44 bits per heavy atom. The molecule has 1 aromatic carbocycles. The Morgan fingerprint density at radius 2 is 2.22 bits per heavy atom. The van der Waals surface area contributed by atoms with Gasteiger partial charge in [0.1, 0.15) is 5.84 Å². The summed E-state index contributed by atoms with van der Waals surface area (Å²) in [6, 6.07) is 5.34. The fourth-order valence-corrected chi connectivity index (χ4v) is 2.64. The second-order valence-electron chi connectivity index (χ2n) is 4.01. The minimum atomic E-state index is -3.70. The van der Waals surface area contributed by atoms with Gasteiger partial charge in [0.15, 0.2) is 0 Å². The Kier molecular flexibility index (Phi) is 3.38. The minimum absolute atomic E-state index is 0.0282. The number of nitrogens with one attached hydrogen (secondary N) is 1. The number of rotatable bonds is 3. The summed E-state index contributed by atoms with van der Waals surface area (Å²) in [7, 11) is -3.70.